The number of amides is 2. The van der Waals surface area contributed by atoms with Gasteiger partial charge in [0.1, 0.15) is 6.20 Å². The summed E-state index contributed by atoms with van der Waals surface area (Å²) in [5.41, 5.74) is 2.80. The molecule has 0 atom stereocenters. The Morgan fingerprint density at radius 3 is 2.45 bits per heavy atom. The van der Waals surface area contributed by atoms with Crippen LogP contribution in [0, 0.1) is 10.1 Å². The lowest BCUT2D eigenvalue weighted by atomic mass is 10.1. The molecule has 0 saturated heterocycles. The van der Waals surface area contributed by atoms with Crippen LogP contribution in [0.3, 0.4) is 0 Å². The van der Waals surface area contributed by atoms with Crippen LogP contribution in [-0.2, 0) is 9.59 Å². The van der Waals surface area contributed by atoms with Gasteiger partial charge >= 0.3 is 0 Å². The average Bonchev–Trinajstić information content (AvgIpc) is 2.83. The highest BCUT2D eigenvalue weighted by molar-refractivity contribution is 7.99. The number of unbranched alkanes of at least 4 members (excludes halogenated alkanes) is 1. The van der Waals surface area contributed by atoms with Crippen LogP contribution in [0.15, 0.2) is 78.0 Å². The monoisotopic (exact) mass is 464 g/mol. The number of nitro groups is 1. The normalized spacial score (nSPS) is 10.4. The molecule has 0 aliphatic rings. The van der Waals surface area contributed by atoms with Gasteiger partial charge in [0.15, 0.2) is 0 Å². The summed E-state index contributed by atoms with van der Waals surface area (Å²) in [5, 5.41) is 16.9. The predicted molar refractivity (Wildman–Crippen MR) is 129 cm³/mol. The van der Waals surface area contributed by atoms with E-state index in [1.54, 1.807) is 0 Å². The second-order valence-electron chi connectivity index (χ2n) is 7.20. The summed E-state index contributed by atoms with van der Waals surface area (Å²) in [5.74, 6) is -0.0445. The second-order valence-corrected chi connectivity index (χ2v) is 8.20. The van der Waals surface area contributed by atoms with Crippen LogP contribution in [0.1, 0.15) is 19.3 Å². The van der Waals surface area contributed by atoms with Crippen molar-refractivity contribution in [2.24, 2.45) is 0 Å². The van der Waals surface area contributed by atoms with Gasteiger partial charge < -0.3 is 10.6 Å². The number of nitrogens with zero attached hydrogens (tertiary/aromatic N) is 2. The summed E-state index contributed by atoms with van der Waals surface area (Å²) in [7, 11) is 0. The van der Waals surface area contributed by atoms with Crippen molar-refractivity contribution in [3.05, 3.63) is 83.0 Å². The summed E-state index contributed by atoms with van der Waals surface area (Å²) in [4.78, 5) is 38.2. The Morgan fingerprint density at radius 1 is 0.939 bits per heavy atom. The van der Waals surface area contributed by atoms with Crippen molar-refractivity contribution in [3.8, 4) is 11.1 Å². The van der Waals surface area contributed by atoms with Gasteiger partial charge in [0, 0.05) is 24.7 Å². The van der Waals surface area contributed by atoms with Crippen LogP contribution in [0.5, 0.6) is 0 Å². The summed E-state index contributed by atoms with van der Waals surface area (Å²) >= 11 is 1.21. The lowest BCUT2D eigenvalue weighted by Gasteiger charge is -2.08. The van der Waals surface area contributed by atoms with Gasteiger partial charge in [-0.25, -0.2) is 4.98 Å². The molecule has 2 N–H and O–H groups in total. The third-order valence-electron chi connectivity index (χ3n) is 4.69. The minimum atomic E-state index is -0.518. The number of thioether (sulfide) groups is 1. The van der Waals surface area contributed by atoms with Crippen LogP contribution < -0.4 is 10.6 Å². The summed E-state index contributed by atoms with van der Waals surface area (Å²) < 4.78 is 0. The Balaban J connectivity index is 1.31. The van der Waals surface area contributed by atoms with Crippen molar-refractivity contribution in [2.75, 3.05) is 17.6 Å². The molecule has 9 heteroatoms. The van der Waals surface area contributed by atoms with E-state index in [0.717, 1.165) is 16.8 Å². The molecular weight excluding hydrogens is 440 g/mol. The molecule has 3 rings (SSSR count). The highest BCUT2D eigenvalue weighted by Crippen LogP contribution is 2.22. The van der Waals surface area contributed by atoms with Crippen LogP contribution in [0.4, 0.5) is 11.4 Å². The number of anilines is 1. The first kappa shape index (κ1) is 23.9. The molecule has 33 heavy (non-hydrogen) atoms. The summed E-state index contributed by atoms with van der Waals surface area (Å²) in [6.07, 6.45) is 2.88. The first-order valence-electron chi connectivity index (χ1n) is 10.5. The number of carbonyl (C=O) groups excluding carboxylic acids is 2. The lowest BCUT2D eigenvalue weighted by Crippen LogP contribution is -2.26. The van der Waals surface area contributed by atoms with Gasteiger partial charge in [-0.1, -0.05) is 54.2 Å². The molecule has 3 aromatic rings. The van der Waals surface area contributed by atoms with Crippen LogP contribution in [-0.4, -0.2) is 34.0 Å². The van der Waals surface area contributed by atoms with E-state index in [0.29, 0.717) is 30.8 Å². The molecule has 1 aromatic heterocycles. The minimum absolute atomic E-state index is 0.0636. The second kappa shape index (κ2) is 12.4. The molecule has 2 aromatic carbocycles. The molecule has 0 unspecified atom stereocenters. The van der Waals surface area contributed by atoms with E-state index in [1.807, 2.05) is 54.6 Å². The van der Waals surface area contributed by atoms with Crippen molar-refractivity contribution in [2.45, 2.75) is 24.3 Å². The largest absolute Gasteiger partial charge is 0.355 e. The van der Waals surface area contributed by atoms with E-state index in [4.69, 9.17) is 0 Å². The Morgan fingerprint density at radius 2 is 1.73 bits per heavy atom. The zero-order valence-corrected chi connectivity index (χ0v) is 18.7. The molecule has 0 bridgehead atoms. The van der Waals surface area contributed by atoms with E-state index >= 15 is 0 Å². The van der Waals surface area contributed by atoms with Gasteiger partial charge in [-0.2, -0.15) is 0 Å². The molecule has 0 spiro atoms. The topological polar surface area (TPSA) is 114 Å². The molecule has 0 saturated carbocycles. The van der Waals surface area contributed by atoms with Crippen molar-refractivity contribution in [1.29, 1.82) is 0 Å². The third kappa shape index (κ3) is 8.04. The van der Waals surface area contributed by atoms with Gasteiger partial charge in [-0.15, -0.1) is 0 Å². The fraction of sp³-hybridized carbons (Fsp3) is 0.208. The van der Waals surface area contributed by atoms with Crippen LogP contribution >= 0.6 is 11.8 Å². The molecule has 8 nitrogen and oxygen atoms in total. The Labute approximate surface area is 196 Å². The lowest BCUT2D eigenvalue weighted by molar-refractivity contribution is -0.385. The van der Waals surface area contributed by atoms with Crippen molar-refractivity contribution in [1.82, 2.24) is 10.3 Å². The number of nitrogens with one attached hydrogen (secondary N) is 2. The third-order valence-corrected chi connectivity index (χ3v) is 5.63. The van der Waals surface area contributed by atoms with E-state index in [-0.39, 0.29) is 23.3 Å². The zero-order chi connectivity index (χ0) is 23.5. The van der Waals surface area contributed by atoms with Gasteiger partial charge in [0.05, 0.1) is 15.7 Å². The summed E-state index contributed by atoms with van der Waals surface area (Å²) in [6.45, 7) is 0.476. The number of rotatable bonds is 11. The maximum absolute atomic E-state index is 12.2. The molecule has 2 amide bonds. The first-order valence-corrected chi connectivity index (χ1v) is 11.4. The Hall–Kier alpha value is -3.72. The van der Waals surface area contributed by atoms with Crippen LogP contribution in [0.25, 0.3) is 11.1 Å². The summed E-state index contributed by atoms with van der Waals surface area (Å²) in [6, 6.07) is 20.6. The zero-order valence-electron chi connectivity index (χ0n) is 17.9. The minimum Gasteiger partial charge on any atom is -0.355 e. The highest BCUT2D eigenvalue weighted by atomic mass is 32.2. The van der Waals surface area contributed by atoms with Crippen molar-refractivity contribution < 1.29 is 14.5 Å². The number of benzene rings is 2. The van der Waals surface area contributed by atoms with Crippen molar-refractivity contribution >= 4 is 35.0 Å². The maximum atomic E-state index is 12.2. The SMILES string of the molecule is O=C(CSc1ccc([N+](=O)[O-])cn1)NCCCCC(=O)Nc1cccc(-c2ccccc2)c1. The molecular formula is C24H24N4O4S. The number of hydrogen-bond acceptors (Lipinski definition) is 6. The van der Waals surface area contributed by atoms with E-state index in [1.165, 1.54) is 30.1 Å². The Kier molecular flexibility index (Phi) is 8.96. The van der Waals surface area contributed by atoms with Gasteiger partial charge in [-0.05, 0) is 42.2 Å². The Bertz CT molecular complexity index is 1090. The quantitative estimate of drug-likeness (QED) is 0.184. The molecule has 0 aliphatic heterocycles. The molecule has 0 aliphatic carbocycles. The van der Waals surface area contributed by atoms with Gasteiger partial charge in [-0.3, -0.25) is 19.7 Å². The van der Waals surface area contributed by atoms with E-state index < -0.39 is 4.92 Å². The number of hydrogen-bond donors (Lipinski definition) is 2. The molecule has 0 fully saturated rings. The fourth-order valence-electron chi connectivity index (χ4n) is 3.03. The van der Waals surface area contributed by atoms with Crippen LogP contribution in [0.2, 0.25) is 0 Å². The van der Waals surface area contributed by atoms with Crippen molar-refractivity contribution in [3.63, 3.8) is 0 Å². The van der Waals surface area contributed by atoms with Gasteiger partial charge in [0.2, 0.25) is 11.8 Å². The number of aromatic nitrogens is 1. The first-order chi connectivity index (χ1) is 16.0. The number of pyridine rings is 1. The van der Waals surface area contributed by atoms with Gasteiger partial charge in [0.25, 0.3) is 5.69 Å². The average molecular weight is 465 g/mol. The predicted octanol–water partition coefficient (Wildman–Crippen LogP) is 4.67. The van der Waals surface area contributed by atoms with E-state index in [9.17, 15) is 19.7 Å². The molecule has 170 valence electrons. The van der Waals surface area contributed by atoms with E-state index in [2.05, 4.69) is 15.6 Å². The highest BCUT2D eigenvalue weighted by Gasteiger charge is 2.08. The fourth-order valence-corrected chi connectivity index (χ4v) is 3.70. The molecule has 1 heterocycles. The molecule has 0 radical (unpaired) electrons. The number of carbonyl (C=O) groups is 2. The maximum Gasteiger partial charge on any atom is 0.287 e. The smallest absolute Gasteiger partial charge is 0.287 e. The standard InChI is InChI=1S/C24H24N4O4S/c29-22(27-20-10-6-9-19(15-20)18-7-2-1-3-8-18)11-4-5-14-25-23(30)17-33-24-13-12-21(16-26-24)28(31)32/h1-3,6-10,12-13,15-16H,4-5,11,14,17H2,(H,25,30)(H,27,29).